The van der Waals surface area contributed by atoms with Gasteiger partial charge in [-0.3, -0.25) is 4.79 Å². The summed E-state index contributed by atoms with van der Waals surface area (Å²) in [6.07, 6.45) is 5.44. The highest BCUT2D eigenvalue weighted by Gasteiger charge is 2.66. The van der Waals surface area contributed by atoms with Gasteiger partial charge in [-0.2, -0.15) is 0 Å². The molecule has 0 amide bonds. The minimum atomic E-state index is -0.403. The van der Waals surface area contributed by atoms with Crippen LogP contribution in [0.2, 0.25) is 0 Å². The summed E-state index contributed by atoms with van der Waals surface area (Å²) >= 11 is 0. The number of carbonyl (C=O) groups is 2. The minimum Gasteiger partial charge on any atom is -0.303 e. The number of ketones is 1. The van der Waals surface area contributed by atoms with Crippen molar-refractivity contribution in [2.45, 2.75) is 52.9 Å². The van der Waals surface area contributed by atoms with Crippen molar-refractivity contribution in [1.29, 1.82) is 0 Å². The molecule has 0 saturated heterocycles. The number of aldehydes is 1. The van der Waals surface area contributed by atoms with Crippen LogP contribution in [0.3, 0.4) is 0 Å². The molecule has 0 spiro atoms. The molecule has 3 atom stereocenters. The summed E-state index contributed by atoms with van der Waals surface area (Å²) in [4.78, 5) is 22.9. The van der Waals surface area contributed by atoms with Gasteiger partial charge in [-0.05, 0) is 23.7 Å². The van der Waals surface area contributed by atoms with Crippen molar-refractivity contribution in [3.05, 3.63) is 0 Å². The number of rotatable bonds is 2. The zero-order chi connectivity index (χ0) is 11.3. The topological polar surface area (TPSA) is 34.1 Å². The zero-order valence-electron chi connectivity index (χ0n) is 9.93. The fraction of sp³-hybridized carbons (Fsp3) is 0.846. The number of fused-ring (bicyclic) bond motifs is 1. The number of carbonyl (C=O) groups excluding carboxylic acids is 2. The van der Waals surface area contributed by atoms with Gasteiger partial charge in [0.05, 0.1) is 0 Å². The lowest BCUT2D eigenvalue weighted by Gasteiger charge is -2.43. The molecule has 2 nitrogen and oxygen atoms in total. The van der Waals surface area contributed by atoms with Gasteiger partial charge in [0, 0.05) is 18.3 Å². The van der Waals surface area contributed by atoms with Gasteiger partial charge >= 0.3 is 0 Å². The van der Waals surface area contributed by atoms with Crippen LogP contribution in [0.1, 0.15) is 52.9 Å². The van der Waals surface area contributed by atoms with E-state index in [9.17, 15) is 9.59 Å². The van der Waals surface area contributed by atoms with Gasteiger partial charge in [0.25, 0.3) is 0 Å². The lowest BCUT2D eigenvalue weighted by Crippen LogP contribution is -2.41. The molecule has 2 saturated carbocycles. The van der Waals surface area contributed by atoms with E-state index in [1.165, 1.54) is 6.42 Å². The van der Waals surface area contributed by atoms with E-state index in [0.717, 1.165) is 19.1 Å². The van der Waals surface area contributed by atoms with Crippen LogP contribution in [0, 0.1) is 16.2 Å². The summed E-state index contributed by atoms with van der Waals surface area (Å²) in [5.74, 6) is 0.305. The van der Waals surface area contributed by atoms with Crippen molar-refractivity contribution in [3.63, 3.8) is 0 Å². The Morgan fingerprint density at radius 3 is 2.53 bits per heavy atom. The Hall–Kier alpha value is -0.660. The van der Waals surface area contributed by atoms with Gasteiger partial charge in [-0.25, -0.2) is 0 Å². The summed E-state index contributed by atoms with van der Waals surface area (Å²) < 4.78 is 0. The van der Waals surface area contributed by atoms with Crippen molar-refractivity contribution < 1.29 is 9.59 Å². The average molecular weight is 208 g/mol. The highest BCUT2D eigenvalue weighted by Crippen LogP contribution is 2.69. The molecule has 0 aromatic heterocycles. The van der Waals surface area contributed by atoms with Crippen LogP contribution in [-0.4, -0.2) is 12.1 Å². The normalized spacial score (nSPS) is 49.4. The van der Waals surface area contributed by atoms with Gasteiger partial charge in [0.2, 0.25) is 0 Å². The SMILES string of the molecule is C[C@@]12CCC[C@]1(C)[C@](C)(CC=O)C(=O)C2. The van der Waals surface area contributed by atoms with E-state index >= 15 is 0 Å². The fourth-order valence-electron chi connectivity index (χ4n) is 4.00. The molecule has 0 heterocycles. The molecule has 0 aromatic rings. The lowest BCUT2D eigenvalue weighted by molar-refractivity contribution is -0.132. The van der Waals surface area contributed by atoms with Crippen LogP contribution in [0.5, 0.6) is 0 Å². The molecule has 2 aliphatic carbocycles. The summed E-state index contributed by atoms with van der Waals surface area (Å²) in [7, 11) is 0. The van der Waals surface area contributed by atoms with Crippen LogP contribution < -0.4 is 0 Å². The molecule has 0 aliphatic heterocycles. The first kappa shape index (κ1) is 10.8. The smallest absolute Gasteiger partial charge is 0.140 e. The van der Waals surface area contributed by atoms with Crippen molar-refractivity contribution in [1.82, 2.24) is 0 Å². The van der Waals surface area contributed by atoms with Gasteiger partial charge in [0.1, 0.15) is 12.1 Å². The number of hydrogen-bond donors (Lipinski definition) is 0. The summed E-state index contributed by atoms with van der Waals surface area (Å²) in [5.41, 5.74) is -0.222. The molecule has 0 aromatic carbocycles. The molecular weight excluding hydrogens is 188 g/mol. The van der Waals surface area contributed by atoms with E-state index in [1.807, 2.05) is 6.92 Å². The van der Waals surface area contributed by atoms with E-state index in [4.69, 9.17) is 0 Å². The van der Waals surface area contributed by atoms with Crippen LogP contribution in [0.25, 0.3) is 0 Å². The zero-order valence-corrected chi connectivity index (χ0v) is 9.93. The molecule has 2 heteroatoms. The first-order valence-electron chi connectivity index (χ1n) is 5.87. The minimum absolute atomic E-state index is 0.0397. The maximum absolute atomic E-state index is 12.2. The fourth-order valence-corrected chi connectivity index (χ4v) is 4.00. The van der Waals surface area contributed by atoms with Crippen LogP contribution in [-0.2, 0) is 9.59 Å². The molecule has 2 fully saturated rings. The standard InChI is InChI=1S/C13H20O2/c1-11-5-4-6-13(11,3)12(2,7-8-14)10(15)9-11/h8H,4-7,9H2,1-3H3/t11-,12+,13-/m0/s1. The first-order valence-corrected chi connectivity index (χ1v) is 5.87. The molecular formula is C13H20O2. The maximum Gasteiger partial charge on any atom is 0.140 e. The molecule has 2 aliphatic rings. The predicted molar refractivity (Wildman–Crippen MR) is 58.5 cm³/mol. The maximum atomic E-state index is 12.2. The van der Waals surface area contributed by atoms with Gasteiger partial charge in [0.15, 0.2) is 0 Å². The van der Waals surface area contributed by atoms with Crippen molar-refractivity contribution in [2.24, 2.45) is 16.2 Å². The van der Waals surface area contributed by atoms with Crippen LogP contribution in [0.15, 0.2) is 0 Å². The van der Waals surface area contributed by atoms with Gasteiger partial charge in [-0.1, -0.05) is 27.2 Å². The Labute approximate surface area is 91.4 Å². The lowest BCUT2D eigenvalue weighted by atomic mass is 9.59. The largest absolute Gasteiger partial charge is 0.303 e. The van der Waals surface area contributed by atoms with E-state index in [0.29, 0.717) is 18.6 Å². The van der Waals surface area contributed by atoms with Crippen molar-refractivity contribution in [3.8, 4) is 0 Å². The average Bonchev–Trinajstić information content (AvgIpc) is 2.49. The van der Waals surface area contributed by atoms with E-state index < -0.39 is 5.41 Å². The van der Waals surface area contributed by atoms with Gasteiger partial charge < -0.3 is 4.79 Å². The quantitative estimate of drug-likeness (QED) is 0.654. The second kappa shape index (κ2) is 2.93. The Morgan fingerprint density at radius 1 is 1.27 bits per heavy atom. The molecule has 0 unspecified atom stereocenters. The van der Waals surface area contributed by atoms with Crippen molar-refractivity contribution in [2.75, 3.05) is 0 Å². The predicted octanol–water partition coefficient (Wildman–Crippen LogP) is 2.75. The Morgan fingerprint density at radius 2 is 1.93 bits per heavy atom. The molecule has 15 heavy (non-hydrogen) atoms. The second-order valence-electron chi connectivity index (χ2n) is 6.05. The monoisotopic (exact) mass is 208 g/mol. The molecule has 0 bridgehead atoms. The Kier molecular flexibility index (Phi) is 2.12. The molecule has 0 N–H and O–H groups in total. The van der Waals surface area contributed by atoms with E-state index in [1.54, 1.807) is 0 Å². The highest BCUT2D eigenvalue weighted by atomic mass is 16.1. The van der Waals surface area contributed by atoms with Crippen molar-refractivity contribution >= 4 is 12.1 Å². The molecule has 0 radical (unpaired) electrons. The van der Waals surface area contributed by atoms with Crippen LogP contribution >= 0.6 is 0 Å². The third kappa shape index (κ3) is 1.05. The summed E-state index contributed by atoms with van der Waals surface area (Å²) in [5, 5.41) is 0. The number of Topliss-reactive ketones (excluding diaryl/α,β-unsaturated/α-hetero) is 1. The van der Waals surface area contributed by atoms with E-state index in [-0.39, 0.29) is 10.8 Å². The highest BCUT2D eigenvalue weighted by molar-refractivity contribution is 5.91. The van der Waals surface area contributed by atoms with Crippen LogP contribution in [0.4, 0.5) is 0 Å². The molecule has 2 rings (SSSR count). The van der Waals surface area contributed by atoms with E-state index in [2.05, 4.69) is 13.8 Å². The third-order valence-corrected chi connectivity index (χ3v) is 5.61. The summed E-state index contributed by atoms with van der Waals surface area (Å²) in [6.45, 7) is 6.45. The first-order chi connectivity index (χ1) is 6.90. The second-order valence-corrected chi connectivity index (χ2v) is 6.05. The van der Waals surface area contributed by atoms with Gasteiger partial charge in [-0.15, -0.1) is 0 Å². The third-order valence-electron chi connectivity index (χ3n) is 5.61. The Bertz CT molecular complexity index is 322. The summed E-state index contributed by atoms with van der Waals surface area (Å²) in [6, 6.07) is 0. The number of hydrogen-bond acceptors (Lipinski definition) is 2. The Balaban J connectivity index is 2.48. The molecule has 84 valence electrons.